The lowest BCUT2D eigenvalue weighted by molar-refractivity contribution is 0.0917. The van der Waals surface area contributed by atoms with Crippen molar-refractivity contribution in [2.24, 2.45) is 5.84 Å². The summed E-state index contributed by atoms with van der Waals surface area (Å²) < 4.78 is 17.4. The fourth-order valence-corrected chi connectivity index (χ4v) is 1.21. The molecule has 1 aromatic heterocycles. The molecule has 8 heteroatoms. The number of hydrogen-bond acceptors (Lipinski definition) is 4. The zero-order valence-corrected chi connectivity index (χ0v) is 10.6. The number of rotatable bonds is 2. The number of nitrogen functional groups attached to an aromatic ring is 1. The van der Waals surface area contributed by atoms with Crippen molar-refractivity contribution in [1.29, 1.82) is 0 Å². The number of hydrazine groups is 1. The molecule has 0 aliphatic heterocycles. The van der Waals surface area contributed by atoms with Gasteiger partial charge < -0.3 is 4.52 Å². The summed E-state index contributed by atoms with van der Waals surface area (Å²) in [5.41, 5.74) is 3.02. The fraction of sp³-hybridized carbons (Fsp3) is 0. The highest BCUT2D eigenvalue weighted by Gasteiger charge is 2.12. The molecule has 1 aromatic carbocycles. The predicted molar refractivity (Wildman–Crippen MR) is 68.0 cm³/mol. The van der Waals surface area contributed by atoms with Crippen LogP contribution in [0.3, 0.4) is 0 Å². The van der Waals surface area contributed by atoms with Crippen molar-refractivity contribution in [3.8, 4) is 11.3 Å². The van der Waals surface area contributed by atoms with E-state index in [9.17, 15) is 9.18 Å². The summed E-state index contributed by atoms with van der Waals surface area (Å²) in [6.07, 6.45) is 0. The summed E-state index contributed by atoms with van der Waals surface area (Å²) in [6.45, 7) is 0. The molecule has 0 saturated heterocycles. The molecule has 0 aliphatic carbocycles. The molecule has 0 saturated carbocycles. The molecular weight excluding hydrogens is 284 g/mol. The average molecular weight is 294 g/mol. The van der Waals surface area contributed by atoms with Gasteiger partial charge in [0.1, 0.15) is 11.5 Å². The van der Waals surface area contributed by atoms with Gasteiger partial charge in [0.05, 0.1) is 0 Å². The highest BCUT2D eigenvalue weighted by Crippen LogP contribution is 2.19. The van der Waals surface area contributed by atoms with Gasteiger partial charge >= 0.3 is 5.91 Å². The van der Waals surface area contributed by atoms with Gasteiger partial charge in [-0.1, -0.05) is 5.16 Å². The second kappa shape index (κ2) is 6.95. The number of benzene rings is 1. The van der Waals surface area contributed by atoms with Gasteiger partial charge in [-0.25, -0.2) is 10.2 Å². The van der Waals surface area contributed by atoms with Crippen molar-refractivity contribution in [1.82, 2.24) is 10.6 Å². The van der Waals surface area contributed by atoms with Gasteiger partial charge in [-0.15, -0.1) is 24.8 Å². The van der Waals surface area contributed by atoms with E-state index in [1.54, 1.807) is 0 Å². The van der Waals surface area contributed by atoms with E-state index in [4.69, 9.17) is 10.4 Å². The van der Waals surface area contributed by atoms with Crippen LogP contribution in [0, 0.1) is 5.82 Å². The molecule has 0 unspecified atom stereocenters. The zero-order valence-electron chi connectivity index (χ0n) is 8.92. The van der Waals surface area contributed by atoms with Gasteiger partial charge in [0.25, 0.3) is 0 Å². The van der Waals surface area contributed by atoms with Crippen molar-refractivity contribution in [3.63, 3.8) is 0 Å². The Hall–Kier alpha value is -1.63. The molecule has 0 spiro atoms. The van der Waals surface area contributed by atoms with Crippen molar-refractivity contribution in [2.75, 3.05) is 0 Å². The standard InChI is InChI=1S/C10H8FN3O2.2ClH/c11-7-3-1-6(2-4-7)8-5-9(16-14-8)10(15)13-12;;/h1-5H,12H2,(H,13,15);2*1H. The number of nitrogens with one attached hydrogen (secondary N) is 1. The van der Waals surface area contributed by atoms with E-state index in [1.807, 2.05) is 5.43 Å². The molecule has 0 radical (unpaired) electrons. The molecular formula is C10H10Cl2FN3O2. The van der Waals surface area contributed by atoms with Crippen molar-refractivity contribution >= 4 is 30.7 Å². The monoisotopic (exact) mass is 293 g/mol. The summed E-state index contributed by atoms with van der Waals surface area (Å²) in [7, 11) is 0. The Morgan fingerprint density at radius 2 is 1.89 bits per heavy atom. The summed E-state index contributed by atoms with van der Waals surface area (Å²) in [4.78, 5) is 11.1. The Balaban J connectivity index is 0.00000144. The Bertz CT molecular complexity index is 516. The van der Waals surface area contributed by atoms with E-state index < -0.39 is 5.91 Å². The first-order valence-electron chi connectivity index (χ1n) is 4.44. The molecule has 2 aromatic rings. The van der Waals surface area contributed by atoms with Crippen LogP contribution in [0.4, 0.5) is 4.39 Å². The first-order valence-corrected chi connectivity index (χ1v) is 4.44. The van der Waals surface area contributed by atoms with Gasteiger partial charge in [-0.05, 0) is 24.3 Å². The number of halogens is 3. The fourth-order valence-electron chi connectivity index (χ4n) is 1.21. The van der Waals surface area contributed by atoms with Crippen LogP contribution in [0.25, 0.3) is 11.3 Å². The minimum absolute atomic E-state index is 0. The third-order valence-electron chi connectivity index (χ3n) is 2.01. The molecule has 0 fully saturated rings. The third kappa shape index (κ3) is 3.43. The molecule has 2 rings (SSSR count). The Morgan fingerprint density at radius 1 is 1.28 bits per heavy atom. The maximum atomic E-state index is 12.7. The summed E-state index contributed by atoms with van der Waals surface area (Å²) in [5.74, 6) is 4.03. The van der Waals surface area contributed by atoms with Crippen LogP contribution in [0.5, 0.6) is 0 Å². The topological polar surface area (TPSA) is 81.1 Å². The van der Waals surface area contributed by atoms with E-state index in [0.717, 1.165) is 0 Å². The normalized spacial score (nSPS) is 9.00. The van der Waals surface area contributed by atoms with E-state index in [1.165, 1.54) is 30.3 Å². The predicted octanol–water partition coefficient (Wildman–Crippen LogP) is 1.93. The smallest absolute Gasteiger partial charge is 0.303 e. The minimum Gasteiger partial charge on any atom is -0.350 e. The van der Waals surface area contributed by atoms with Crippen molar-refractivity contribution in [2.45, 2.75) is 0 Å². The number of hydrogen-bond donors (Lipinski definition) is 2. The van der Waals surface area contributed by atoms with Crippen LogP contribution in [0.1, 0.15) is 10.6 Å². The van der Waals surface area contributed by atoms with Crippen LogP contribution in [0.15, 0.2) is 34.9 Å². The number of nitrogens with zero attached hydrogens (tertiary/aromatic N) is 1. The quantitative estimate of drug-likeness (QED) is 0.504. The molecule has 5 nitrogen and oxygen atoms in total. The number of amides is 1. The Morgan fingerprint density at radius 3 is 2.44 bits per heavy atom. The van der Waals surface area contributed by atoms with E-state index >= 15 is 0 Å². The van der Waals surface area contributed by atoms with Crippen LogP contribution in [-0.2, 0) is 0 Å². The van der Waals surface area contributed by atoms with Gasteiger partial charge in [0.15, 0.2) is 0 Å². The molecule has 98 valence electrons. The maximum absolute atomic E-state index is 12.7. The molecule has 1 heterocycles. The lowest BCUT2D eigenvalue weighted by atomic mass is 10.1. The van der Waals surface area contributed by atoms with E-state index in [-0.39, 0.29) is 36.4 Å². The first kappa shape index (κ1) is 16.4. The minimum atomic E-state index is -0.569. The highest BCUT2D eigenvalue weighted by atomic mass is 35.5. The van der Waals surface area contributed by atoms with Crippen LogP contribution < -0.4 is 11.3 Å². The van der Waals surface area contributed by atoms with Gasteiger partial charge in [-0.3, -0.25) is 10.2 Å². The Kier molecular flexibility index (Phi) is 6.32. The second-order valence-corrected chi connectivity index (χ2v) is 3.06. The average Bonchev–Trinajstić information content (AvgIpc) is 2.78. The van der Waals surface area contributed by atoms with E-state index in [0.29, 0.717) is 11.3 Å². The van der Waals surface area contributed by atoms with Gasteiger partial charge in [-0.2, -0.15) is 0 Å². The van der Waals surface area contributed by atoms with Crippen LogP contribution in [0.2, 0.25) is 0 Å². The van der Waals surface area contributed by atoms with Gasteiger partial charge in [0, 0.05) is 11.6 Å². The SMILES string of the molecule is Cl.Cl.NNC(=O)c1cc(-c2ccc(F)cc2)no1. The molecule has 0 aliphatic rings. The summed E-state index contributed by atoms with van der Waals surface area (Å²) >= 11 is 0. The Labute approximate surface area is 114 Å². The molecule has 3 N–H and O–H groups in total. The molecule has 0 atom stereocenters. The molecule has 18 heavy (non-hydrogen) atoms. The van der Waals surface area contributed by atoms with Crippen LogP contribution >= 0.6 is 24.8 Å². The molecule has 0 bridgehead atoms. The second-order valence-electron chi connectivity index (χ2n) is 3.06. The van der Waals surface area contributed by atoms with Crippen molar-refractivity contribution in [3.05, 3.63) is 41.9 Å². The van der Waals surface area contributed by atoms with Crippen molar-refractivity contribution < 1.29 is 13.7 Å². The summed E-state index contributed by atoms with van der Waals surface area (Å²) in [5, 5.41) is 3.67. The zero-order chi connectivity index (χ0) is 11.5. The lowest BCUT2D eigenvalue weighted by Gasteiger charge is -1.93. The largest absolute Gasteiger partial charge is 0.350 e. The number of nitrogens with two attached hydrogens (primary N) is 1. The lowest BCUT2D eigenvalue weighted by Crippen LogP contribution is -2.29. The third-order valence-corrected chi connectivity index (χ3v) is 2.01. The van der Waals surface area contributed by atoms with E-state index in [2.05, 4.69) is 5.16 Å². The highest BCUT2D eigenvalue weighted by molar-refractivity contribution is 5.91. The maximum Gasteiger partial charge on any atom is 0.303 e. The summed E-state index contributed by atoms with van der Waals surface area (Å²) in [6, 6.07) is 7.10. The first-order chi connectivity index (χ1) is 7.70. The number of carbonyl (C=O) groups is 1. The van der Waals surface area contributed by atoms with Crippen LogP contribution in [-0.4, -0.2) is 11.1 Å². The number of aromatic nitrogens is 1. The number of carbonyl (C=O) groups excluding carboxylic acids is 1. The molecule has 1 amide bonds. The van der Waals surface area contributed by atoms with Gasteiger partial charge in [0.2, 0.25) is 5.76 Å².